The van der Waals surface area contributed by atoms with Crippen LogP contribution in [0, 0.1) is 5.82 Å². The second-order valence-electron chi connectivity index (χ2n) is 5.61. The number of rotatable bonds is 5. The predicted octanol–water partition coefficient (Wildman–Crippen LogP) is 3.64. The van der Waals surface area contributed by atoms with Crippen molar-refractivity contribution in [3.63, 3.8) is 0 Å². The fourth-order valence-corrected chi connectivity index (χ4v) is 2.82. The van der Waals surface area contributed by atoms with E-state index in [0.717, 1.165) is 12.0 Å². The average molecular weight is 327 g/mol. The van der Waals surface area contributed by atoms with E-state index in [1.807, 2.05) is 0 Å². The number of hydrogen-bond acceptors (Lipinski definition) is 4. The Kier molecular flexibility index (Phi) is 4.60. The van der Waals surface area contributed by atoms with Crippen LogP contribution < -0.4 is 4.74 Å². The highest BCUT2D eigenvalue weighted by molar-refractivity contribution is 5.86. The molecule has 0 spiro atoms. The molecule has 1 aliphatic heterocycles. The number of carbonyl (C=O) groups is 1. The van der Waals surface area contributed by atoms with E-state index in [1.165, 1.54) is 13.2 Å². The Morgan fingerprint density at radius 3 is 2.58 bits per heavy atom. The number of aliphatic imine (C=N–C) groups is 1. The van der Waals surface area contributed by atoms with Crippen LogP contribution in [0.2, 0.25) is 0 Å². The topological polar surface area (TPSA) is 47.9 Å². The number of carbonyl (C=O) groups excluding carboxylic acids is 1. The highest BCUT2D eigenvalue weighted by atomic mass is 19.1. The van der Waals surface area contributed by atoms with Crippen LogP contribution in [0.25, 0.3) is 0 Å². The Labute approximate surface area is 139 Å². The van der Waals surface area contributed by atoms with Crippen molar-refractivity contribution in [3.05, 3.63) is 65.5 Å². The molecular weight excluding hydrogens is 309 g/mol. The molecule has 1 unspecified atom stereocenters. The summed E-state index contributed by atoms with van der Waals surface area (Å²) in [5.41, 5.74) is 0.299. The molecule has 0 aromatic heterocycles. The van der Waals surface area contributed by atoms with Crippen LogP contribution in [0.3, 0.4) is 0 Å². The first kappa shape index (κ1) is 16.2. The van der Waals surface area contributed by atoms with Gasteiger partial charge in [0.25, 0.3) is 0 Å². The van der Waals surface area contributed by atoms with Crippen LogP contribution in [0.5, 0.6) is 5.75 Å². The fourth-order valence-electron chi connectivity index (χ4n) is 2.82. The number of hydrogen-bond donors (Lipinski definition) is 0. The van der Waals surface area contributed by atoms with Gasteiger partial charge in [-0.3, -0.25) is 4.99 Å². The largest absolute Gasteiger partial charge is 0.489 e. The van der Waals surface area contributed by atoms with E-state index in [4.69, 9.17) is 9.47 Å². The summed E-state index contributed by atoms with van der Waals surface area (Å²) in [7, 11) is 1.36. The van der Waals surface area contributed by atoms with Crippen LogP contribution >= 0.6 is 0 Å². The Balaban J connectivity index is 1.75. The highest BCUT2D eigenvalue weighted by Gasteiger charge is 2.42. The van der Waals surface area contributed by atoms with Gasteiger partial charge in [-0.15, -0.1) is 0 Å². The standard InChI is InChI=1S/C19H18FNO3/c1-23-18(22)19(11-4-12-21-19)15-7-9-16(10-8-15)24-13-14-5-2-3-6-17(14)20/h2-3,5-10,12H,4,11,13H2,1H3. The molecule has 124 valence electrons. The van der Waals surface area contributed by atoms with Gasteiger partial charge in [0.15, 0.2) is 5.54 Å². The van der Waals surface area contributed by atoms with E-state index in [2.05, 4.69) is 4.99 Å². The molecule has 1 atom stereocenters. The zero-order chi connectivity index (χ0) is 17.0. The van der Waals surface area contributed by atoms with Crippen LogP contribution in [0.4, 0.5) is 4.39 Å². The molecule has 0 amide bonds. The van der Waals surface area contributed by atoms with E-state index in [1.54, 1.807) is 48.7 Å². The lowest BCUT2D eigenvalue weighted by atomic mass is 9.88. The van der Waals surface area contributed by atoms with Crippen molar-refractivity contribution in [1.82, 2.24) is 0 Å². The molecule has 1 aliphatic rings. The van der Waals surface area contributed by atoms with E-state index in [9.17, 15) is 9.18 Å². The molecule has 2 aromatic rings. The van der Waals surface area contributed by atoms with E-state index < -0.39 is 5.54 Å². The molecule has 0 N–H and O–H groups in total. The van der Waals surface area contributed by atoms with Crippen molar-refractivity contribution in [1.29, 1.82) is 0 Å². The van der Waals surface area contributed by atoms with Gasteiger partial charge in [0, 0.05) is 11.8 Å². The summed E-state index contributed by atoms with van der Waals surface area (Å²) < 4.78 is 24.1. The van der Waals surface area contributed by atoms with Gasteiger partial charge in [-0.2, -0.15) is 0 Å². The number of halogens is 1. The summed E-state index contributed by atoms with van der Waals surface area (Å²) in [6.45, 7) is 0.145. The van der Waals surface area contributed by atoms with Crippen LogP contribution in [-0.2, 0) is 21.7 Å². The maximum absolute atomic E-state index is 13.6. The molecule has 3 rings (SSSR count). The summed E-state index contributed by atoms with van der Waals surface area (Å²) in [4.78, 5) is 16.5. The van der Waals surface area contributed by atoms with Gasteiger partial charge in [0.2, 0.25) is 0 Å². The lowest BCUT2D eigenvalue weighted by Crippen LogP contribution is -2.32. The third kappa shape index (κ3) is 3.02. The quantitative estimate of drug-likeness (QED) is 0.788. The lowest BCUT2D eigenvalue weighted by Gasteiger charge is -2.23. The van der Waals surface area contributed by atoms with Gasteiger partial charge in [0.1, 0.15) is 18.2 Å². The Morgan fingerprint density at radius 1 is 1.21 bits per heavy atom. The fraction of sp³-hybridized carbons (Fsp3) is 0.263. The monoisotopic (exact) mass is 327 g/mol. The minimum Gasteiger partial charge on any atom is -0.489 e. The molecule has 0 aliphatic carbocycles. The number of methoxy groups -OCH3 is 1. The highest BCUT2D eigenvalue weighted by Crippen LogP contribution is 2.36. The first-order valence-corrected chi connectivity index (χ1v) is 7.74. The first-order chi connectivity index (χ1) is 11.7. The summed E-state index contributed by atoms with van der Waals surface area (Å²) in [5.74, 6) is -0.0562. The van der Waals surface area contributed by atoms with Crippen molar-refractivity contribution in [3.8, 4) is 5.75 Å². The molecule has 5 heteroatoms. The van der Waals surface area contributed by atoms with Gasteiger partial charge in [-0.05, 0) is 36.6 Å². The van der Waals surface area contributed by atoms with Crippen LogP contribution in [-0.4, -0.2) is 19.3 Å². The van der Waals surface area contributed by atoms with E-state index in [-0.39, 0.29) is 18.4 Å². The predicted molar refractivity (Wildman–Crippen MR) is 88.6 cm³/mol. The second-order valence-corrected chi connectivity index (χ2v) is 5.61. The van der Waals surface area contributed by atoms with Crippen molar-refractivity contribution in [2.24, 2.45) is 4.99 Å². The lowest BCUT2D eigenvalue weighted by molar-refractivity contribution is -0.147. The Morgan fingerprint density at radius 2 is 1.96 bits per heavy atom. The molecular formula is C19H18FNO3. The van der Waals surface area contributed by atoms with Crippen molar-refractivity contribution in [2.75, 3.05) is 7.11 Å². The number of ether oxygens (including phenoxy) is 2. The molecule has 0 fully saturated rings. The summed E-state index contributed by atoms with van der Waals surface area (Å²) >= 11 is 0. The summed E-state index contributed by atoms with van der Waals surface area (Å²) in [6, 6.07) is 13.6. The number of nitrogens with zero attached hydrogens (tertiary/aromatic N) is 1. The summed E-state index contributed by atoms with van der Waals surface area (Å²) in [5, 5.41) is 0. The van der Waals surface area contributed by atoms with Gasteiger partial charge in [0.05, 0.1) is 7.11 Å². The van der Waals surface area contributed by atoms with E-state index >= 15 is 0 Å². The first-order valence-electron chi connectivity index (χ1n) is 7.74. The molecule has 0 saturated carbocycles. The summed E-state index contributed by atoms with van der Waals surface area (Å²) in [6.07, 6.45) is 3.08. The number of benzene rings is 2. The minimum atomic E-state index is -0.960. The molecule has 4 nitrogen and oxygen atoms in total. The molecule has 0 bridgehead atoms. The second kappa shape index (κ2) is 6.83. The SMILES string of the molecule is COC(=O)C1(c2ccc(OCc3ccccc3F)cc2)CCC=N1. The molecule has 24 heavy (non-hydrogen) atoms. The van der Waals surface area contributed by atoms with E-state index in [0.29, 0.717) is 17.7 Å². The molecule has 1 heterocycles. The minimum absolute atomic E-state index is 0.145. The van der Waals surface area contributed by atoms with Gasteiger partial charge in [-0.1, -0.05) is 30.3 Å². The number of esters is 1. The molecule has 0 radical (unpaired) electrons. The molecule has 0 saturated heterocycles. The Hall–Kier alpha value is -2.69. The zero-order valence-corrected chi connectivity index (χ0v) is 13.4. The van der Waals surface area contributed by atoms with Gasteiger partial charge in [-0.25, -0.2) is 9.18 Å². The van der Waals surface area contributed by atoms with Crippen LogP contribution in [0.1, 0.15) is 24.0 Å². The van der Waals surface area contributed by atoms with Crippen molar-refractivity contribution in [2.45, 2.75) is 25.0 Å². The average Bonchev–Trinajstić information content (AvgIpc) is 3.12. The third-order valence-electron chi connectivity index (χ3n) is 4.15. The van der Waals surface area contributed by atoms with Gasteiger partial charge < -0.3 is 9.47 Å². The zero-order valence-electron chi connectivity index (χ0n) is 13.4. The van der Waals surface area contributed by atoms with Crippen LogP contribution in [0.15, 0.2) is 53.5 Å². The molecule has 2 aromatic carbocycles. The Bertz CT molecular complexity index is 757. The third-order valence-corrected chi connectivity index (χ3v) is 4.15. The normalized spacial score (nSPS) is 19.2. The smallest absolute Gasteiger partial charge is 0.338 e. The van der Waals surface area contributed by atoms with Crippen molar-refractivity contribution >= 4 is 12.2 Å². The van der Waals surface area contributed by atoms with Crippen molar-refractivity contribution < 1.29 is 18.7 Å². The van der Waals surface area contributed by atoms with Gasteiger partial charge >= 0.3 is 5.97 Å². The maximum atomic E-state index is 13.6. The maximum Gasteiger partial charge on any atom is 0.338 e.